The summed E-state index contributed by atoms with van der Waals surface area (Å²) in [6.45, 7) is 13.2. The minimum atomic E-state index is 0.229. The second-order valence-corrected chi connectivity index (χ2v) is 6.85. The van der Waals surface area contributed by atoms with Crippen molar-refractivity contribution in [2.45, 2.75) is 79.0 Å². The number of ether oxygens (including phenoxy) is 1. The van der Waals surface area contributed by atoms with E-state index in [0.29, 0.717) is 12.1 Å². The van der Waals surface area contributed by atoms with Crippen molar-refractivity contribution in [3.05, 3.63) is 29.8 Å². The van der Waals surface area contributed by atoms with Crippen molar-refractivity contribution in [2.24, 2.45) is 5.92 Å². The van der Waals surface area contributed by atoms with E-state index in [-0.39, 0.29) is 6.10 Å². The molecule has 2 heteroatoms. The van der Waals surface area contributed by atoms with Gasteiger partial charge in [-0.1, -0.05) is 38.8 Å². The third-order valence-electron chi connectivity index (χ3n) is 3.71. The zero-order chi connectivity index (χ0) is 15.8. The van der Waals surface area contributed by atoms with E-state index in [9.17, 15) is 0 Å². The van der Waals surface area contributed by atoms with Crippen LogP contribution in [0.4, 0.5) is 0 Å². The molecular weight excluding hydrogens is 258 g/mol. The fraction of sp³-hybridized carbons (Fsp3) is 0.684. The SMILES string of the molecule is CC(C)CCCC(C)NC(C)c1ccc(OC(C)C)cc1. The molecule has 1 rings (SSSR count). The molecule has 0 spiro atoms. The molecule has 0 amide bonds. The van der Waals surface area contributed by atoms with Gasteiger partial charge in [-0.2, -0.15) is 0 Å². The molecular formula is C19H33NO. The zero-order valence-electron chi connectivity index (χ0n) is 14.6. The van der Waals surface area contributed by atoms with Gasteiger partial charge in [0.05, 0.1) is 6.10 Å². The average Bonchev–Trinajstić information content (AvgIpc) is 2.38. The molecule has 1 N–H and O–H groups in total. The monoisotopic (exact) mass is 291 g/mol. The third kappa shape index (κ3) is 7.52. The minimum Gasteiger partial charge on any atom is -0.491 e. The first-order chi connectivity index (χ1) is 9.88. The van der Waals surface area contributed by atoms with E-state index < -0.39 is 0 Å². The number of benzene rings is 1. The van der Waals surface area contributed by atoms with Gasteiger partial charge in [0.25, 0.3) is 0 Å². The second kappa shape index (κ2) is 9.09. The first-order valence-electron chi connectivity index (χ1n) is 8.41. The summed E-state index contributed by atoms with van der Waals surface area (Å²) in [6.07, 6.45) is 4.10. The molecule has 0 fully saturated rings. The van der Waals surface area contributed by atoms with Crippen LogP contribution >= 0.6 is 0 Å². The van der Waals surface area contributed by atoms with Crippen molar-refractivity contribution in [1.29, 1.82) is 0 Å². The van der Waals surface area contributed by atoms with Gasteiger partial charge in [-0.05, 0) is 57.7 Å². The van der Waals surface area contributed by atoms with Crippen LogP contribution in [0.3, 0.4) is 0 Å². The normalized spacial score (nSPS) is 14.5. The van der Waals surface area contributed by atoms with Crippen molar-refractivity contribution in [3.8, 4) is 5.75 Å². The van der Waals surface area contributed by atoms with Crippen LogP contribution in [0.15, 0.2) is 24.3 Å². The van der Waals surface area contributed by atoms with E-state index in [1.807, 2.05) is 0 Å². The van der Waals surface area contributed by atoms with Crippen LogP contribution in [-0.4, -0.2) is 12.1 Å². The average molecular weight is 291 g/mol. The second-order valence-electron chi connectivity index (χ2n) is 6.85. The Bertz CT molecular complexity index is 383. The summed E-state index contributed by atoms with van der Waals surface area (Å²) in [5, 5.41) is 3.69. The number of hydrogen-bond donors (Lipinski definition) is 1. The zero-order valence-corrected chi connectivity index (χ0v) is 14.6. The van der Waals surface area contributed by atoms with Gasteiger partial charge in [-0.15, -0.1) is 0 Å². The Kier molecular flexibility index (Phi) is 7.81. The summed E-state index contributed by atoms with van der Waals surface area (Å²) < 4.78 is 5.69. The lowest BCUT2D eigenvalue weighted by Gasteiger charge is -2.21. The summed E-state index contributed by atoms with van der Waals surface area (Å²) in [6, 6.07) is 9.40. The summed E-state index contributed by atoms with van der Waals surface area (Å²) in [7, 11) is 0. The Morgan fingerprint density at radius 1 is 0.905 bits per heavy atom. The first kappa shape index (κ1) is 18.0. The lowest BCUT2D eigenvalue weighted by Crippen LogP contribution is -2.28. The predicted molar refractivity (Wildman–Crippen MR) is 91.9 cm³/mol. The van der Waals surface area contributed by atoms with Crippen LogP contribution in [0.25, 0.3) is 0 Å². The van der Waals surface area contributed by atoms with E-state index >= 15 is 0 Å². The highest BCUT2D eigenvalue weighted by molar-refractivity contribution is 5.29. The molecule has 0 bridgehead atoms. The Balaban J connectivity index is 2.42. The van der Waals surface area contributed by atoms with Gasteiger partial charge >= 0.3 is 0 Å². The maximum absolute atomic E-state index is 5.69. The number of nitrogens with one attached hydrogen (secondary N) is 1. The Hall–Kier alpha value is -1.02. The molecule has 2 nitrogen and oxygen atoms in total. The predicted octanol–water partition coefficient (Wildman–Crippen LogP) is 5.34. The van der Waals surface area contributed by atoms with Crippen LogP contribution < -0.4 is 10.1 Å². The Morgan fingerprint density at radius 2 is 1.52 bits per heavy atom. The van der Waals surface area contributed by atoms with Gasteiger partial charge in [0.2, 0.25) is 0 Å². The summed E-state index contributed by atoms with van der Waals surface area (Å²) in [5.41, 5.74) is 1.32. The van der Waals surface area contributed by atoms with E-state index in [4.69, 9.17) is 4.74 Å². The molecule has 0 saturated carbocycles. The first-order valence-corrected chi connectivity index (χ1v) is 8.41. The molecule has 120 valence electrons. The van der Waals surface area contributed by atoms with E-state index in [0.717, 1.165) is 11.7 Å². The maximum atomic E-state index is 5.69. The van der Waals surface area contributed by atoms with E-state index in [1.54, 1.807) is 0 Å². The third-order valence-corrected chi connectivity index (χ3v) is 3.71. The molecule has 0 aliphatic heterocycles. The van der Waals surface area contributed by atoms with Crippen LogP contribution in [-0.2, 0) is 0 Å². The molecule has 2 atom stereocenters. The van der Waals surface area contributed by atoms with Crippen molar-refractivity contribution in [2.75, 3.05) is 0 Å². The molecule has 21 heavy (non-hydrogen) atoms. The highest BCUT2D eigenvalue weighted by atomic mass is 16.5. The molecule has 1 aromatic rings. The number of hydrogen-bond acceptors (Lipinski definition) is 2. The molecule has 0 saturated heterocycles. The van der Waals surface area contributed by atoms with E-state index in [1.165, 1.54) is 24.8 Å². The topological polar surface area (TPSA) is 21.3 Å². The van der Waals surface area contributed by atoms with Crippen molar-refractivity contribution in [3.63, 3.8) is 0 Å². The van der Waals surface area contributed by atoms with Crippen LogP contribution in [0, 0.1) is 5.92 Å². The van der Waals surface area contributed by atoms with Gasteiger partial charge in [-0.25, -0.2) is 0 Å². The fourth-order valence-electron chi connectivity index (χ4n) is 2.55. The summed E-state index contributed by atoms with van der Waals surface area (Å²) in [4.78, 5) is 0. The molecule has 0 aliphatic rings. The minimum absolute atomic E-state index is 0.229. The Morgan fingerprint density at radius 3 is 2.05 bits per heavy atom. The van der Waals surface area contributed by atoms with Gasteiger partial charge in [0.1, 0.15) is 5.75 Å². The summed E-state index contributed by atoms with van der Waals surface area (Å²) >= 11 is 0. The fourth-order valence-corrected chi connectivity index (χ4v) is 2.55. The largest absolute Gasteiger partial charge is 0.491 e. The highest BCUT2D eigenvalue weighted by Gasteiger charge is 2.10. The van der Waals surface area contributed by atoms with Gasteiger partial charge in [0, 0.05) is 12.1 Å². The van der Waals surface area contributed by atoms with Gasteiger partial charge < -0.3 is 10.1 Å². The molecule has 0 aromatic heterocycles. The van der Waals surface area contributed by atoms with Crippen molar-refractivity contribution < 1.29 is 4.74 Å². The lowest BCUT2D eigenvalue weighted by atomic mass is 10.0. The Labute approximate surface area is 131 Å². The highest BCUT2D eigenvalue weighted by Crippen LogP contribution is 2.19. The van der Waals surface area contributed by atoms with E-state index in [2.05, 4.69) is 71.1 Å². The van der Waals surface area contributed by atoms with Crippen LogP contribution in [0.5, 0.6) is 5.75 Å². The molecule has 2 unspecified atom stereocenters. The quantitative estimate of drug-likeness (QED) is 0.663. The lowest BCUT2D eigenvalue weighted by molar-refractivity contribution is 0.242. The molecule has 0 radical (unpaired) electrons. The maximum Gasteiger partial charge on any atom is 0.119 e. The molecule has 1 aromatic carbocycles. The smallest absolute Gasteiger partial charge is 0.119 e. The van der Waals surface area contributed by atoms with Crippen LogP contribution in [0.2, 0.25) is 0 Å². The number of rotatable bonds is 9. The standard InChI is InChI=1S/C19H33NO/c1-14(2)8-7-9-16(5)20-17(6)18-10-12-19(13-11-18)21-15(3)4/h10-17,20H,7-9H2,1-6H3. The molecule has 0 aliphatic carbocycles. The van der Waals surface area contributed by atoms with Crippen LogP contribution in [0.1, 0.15) is 72.4 Å². The van der Waals surface area contributed by atoms with Crippen molar-refractivity contribution >= 4 is 0 Å². The van der Waals surface area contributed by atoms with Crippen molar-refractivity contribution in [1.82, 2.24) is 5.32 Å². The van der Waals surface area contributed by atoms with Gasteiger partial charge in [-0.3, -0.25) is 0 Å². The summed E-state index contributed by atoms with van der Waals surface area (Å²) in [5.74, 6) is 1.76. The van der Waals surface area contributed by atoms with Gasteiger partial charge in [0.15, 0.2) is 0 Å². The molecule has 0 heterocycles.